The third-order valence-electron chi connectivity index (χ3n) is 3.27. The maximum absolute atomic E-state index is 13.0. The van der Waals surface area contributed by atoms with E-state index in [1.54, 1.807) is 17.4 Å². The summed E-state index contributed by atoms with van der Waals surface area (Å²) in [4.78, 5) is 4.53. The summed E-state index contributed by atoms with van der Waals surface area (Å²) in [5.41, 5.74) is 3.19. The Kier molecular flexibility index (Phi) is 3.65. The van der Waals surface area contributed by atoms with Crippen molar-refractivity contribution >= 4 is 26.7 Å². The van der Waals surface area contributed by atoms with Crippen LogP contribution in [0.1, 0.15) is 11.1 Å². The minimum Gasteiger partial charge on any atom is -0.361 e. The largest absolute Gasteiger partial charge is 0.361 e. The SMILES string of the molecule is Cc1cc(F)ccc1CCNc1nc2ccccc2s1. The van der Waals surface area contributed by atoms with E-state index < -0.39 is 0 Å². The molecule has 2 aromatic carbocycles. The van der Waals surface area contributed by atoms with Crippen LogP contribution in [0, 0.1) is 12.7 Å². The number of thiazole rings is 1. The third-order valence-corrected chi connectivity index (χ3v) is 4.26. The van der Waals surface area contributed by atoms with Gasteiger partial charge in [-0.25, -0.2) is 9.37 Å². The van der Waals surface area contributed by atoms with Gasteiger partial charge in [-0.3, -0.25) is 0 Å². The number of aryl methyl sites for hydroxylation is 1. The first-order valence-corrected chi connectivity index (χ1v) is 7.38. The molecule has 1 aromatic heterocycles. The Morgan fingerprint density at radius 1 is 1.20 bits per heavy atom. The highest BCUT2D eigenvalue weighted by molar-refractivity contribution is 7.22. The van der Waals surface area contributed by atoms with E-state index in [9.17, 15) is 4.39 Å². The molecule has 0 saturated heterocycles. The molecular formula is C16H15FN2S. The summed E-state index contributed by atoms with van der Waals surface area (Å²) in [5.74, 6) is -0.176. The van der Waals surface area contributed by atoms with E-state index in [1.165, 1.54) is 16.3 Å². The van der Waals surface area contributed by atoms with Gasteiger partial charge < -0.3 is 5.32 Å². The summed E-state index contributed by atoms with van der Waals surface area (Å²) in [6.07, 6.45) is 0.863. The Hall–Kier alpha value is -1.94. The average Bonchev–Trinajstić information content (AvgIpc) is 2.84. The van der Waals surface area contributed by atoms with Crippen LogP contribution in [0.2, 0.25) is 0 Å². The number of nitrogens with one attached hydrogen (secondary N) is 1. The second-order valence-electron chi connectivity index (χ2n) is 4.73. The molecule has 102 valence electrons. The summed E-state index contributed by atoms with van der Waals surface area (Å²) in [6, 6.07) is 13.0. The molecule has 0 bridgehead atoms. The van der Waals surface area contributed by atoms with Crippen molar-refractivity contribution in [1.82, 2.24) is 4.98 Å². The van der Waals surface area contributed by atoms with Crippen LogP contribution in [-0.2, 0) is 6.42 Å². The Morgan fingerprint density at radius 2 is 2.05 bits per heavy atom. The van der Waals surface area contributed by atoms with E-state index in [0.717, 1.165) is 29.2 Å². The first kappa shape index (κ1) is 13.1. The molecule has 0 aliphatic carbocycles. The first-order chi connectivity index (χ1) is 9.72. The van der Waals surface area contributed by atoms with Gasteiger partial charge in [0.15, 0.2) is 5.13 Å². The van der Waals surface area contributed by atoms with Crippen molar-refractivity contribution in [1.29, 1.82) is 0 Å². The van der Waals surface area contributed by atoms with Gasteiger partial charge in [0.1, 0.15) is 5.82 Å². The van der Waals surface area contributed by atoms with Crippen LogP contribution in [0.5, 0.6) is 0 Å². The van der Waals surface area contributed by atoms with Crippen molar-refractivity contribution < 1.29 is 4.39 Å². The van der Waals surface area contributed by atoms with Gasteiger partial charge in [0, 0.05) is 6.54 Å². The zero-order chi connectivity index (χ0) is 13.9. The molecule has 0 unspecified atom stereocenters. The lowest BCUT2D eigenvalue weighted by Crippen LogP contribution is -2.05. The Bertz CT molecular complexity index is 703. The molecule has 0 fully saturated rings. The van der Waals surface area contributed by atoms with Crippen molar-refractivity contribution in [3.8, 4) is 0 Å². The van der Waals surface area contributed by atoms with Gasteiger partial charge in [-0.05, 0) is 48.7 Å². The minimum absolute atomic E-state index is 0.176. The van der Waals surface area contributed by atoms with Crippen LogP contribution in [-0.4, -0.2) is 11.5 Å². The van der Waals surface area contributed by atoms with E-state index in [0.29, 0.717) is 0 Å². The molecule has 0 atom stereocenters. The van der Waals surface area contributed by atoms with E-state index in [-0.39, 0.29) is 5.82 Å². The highest BCUT2D eigenvalue weighted by Gasteiger charge is 2.03. The van der Waals surface area contributed by atoms with Crippen LogP contribution >= 0.6 is 11.3 Å². The number of halogens is 1. The number of para-hydroxylation sites is 1. The number of hydrogen-bond donors (Lipinski definition) is 1. The van der Waals surface area contributed by atoms with Crippen LogP contribution in [0.3, 0.4) is 0 Å². The predicted molar refractivity (Wildman–Crippen MR) is 83.0 cm³/mol. The minimum atomic E-state index is -0.176. The van der Waals surface area contributed by atoms with Crippen molar-refractivity contribution in [3.05, 3.63) is 59.4 Å². The van der Waals surface area contributed by atoms with Crippen LogP contribution in [0.4, 0.5) is 9.52 Å². The molecule has 0 saturated carbocycles. The van der Waals surface area contributed by atoms with E-state index in [1.807, 2.05) is 31.2 Å². The number of hydrogen-bond acceptors (Lipinski definition) is 3. The lowest BCUT2D eigenvalue weighted by Gasteiger charge is -2.06. The molecule has 0 amide bonds. The smallest absolute Gasteiger partial charge is 0.183 e. The maximum Gasteiger partial charge on any atom is 0.183 e. The molecule has 3 rings (SSSR count). The van der Waals surface area contributed by atoms with E-state index >= 15 is 0 Å². The lowest BCUT2D eigenvalue weighted by molar-refractivity contribution is 0.625. The molecule has 0 aliphatic rings. The summed E-state index contributed by atoms with van der Waals surface area (Å²) < 4.78 is 14.2. The highest BCUT2D eigenvalue weighted by Crippen LogP contribution is 2.25. The fourth-order valence-corrected chi connectivity index (χ4v) is 3.08. The van der Waals surface area contributed by atoms with Crippen molar-refractivity contribution in [2.45, 2.75) is 13.3 Å². The van der Waals surface area contributed by atoms with Gasteiger partial charge in [-0.2, -0.15) is 0 Å². The third kappa shape index (κ3) is 2.80. The molecule has 0 radical (unpaired) electrons. The van der Waals surface area contributed by atoms with Gasteiger partial charge in [0.25, 0.3) is 0 Å². The number of anilines is 1. The number of benzene rings is 2. The summed E-state index contributed by atoms with van der Waals surface area (Å²) in [6.45, 7) is 2.74. The fraction of sp³-hybridized carbons (Fsp3) is 0.188. The fourth-order valence-electron chi connectivity index (χ4n) is 2.19. The standard InChI is InChI=1S/C16H15FN2S/c1-11-10-13(17)7-6-12(11)8-9-18-16-19-14-4-2-3-5-15(14)20-16/h2-7,10H,8-9H2,1H3,(H,18,19). The number of aromatic nitrogens is 1. The second-order valence-corrected chi connectivity index (χ2v) is 5.76. The average molecular weight is 286 g/mol. The second kappa shape index (κ2) is 5.59. The predicted octanol–water partition coefficient (Wildman–Crippen LogP) is 4.40. The van der Waals surface area contributed by atoms with Gasteiger partial charge >= 0.3 is 0 Å². The molecule has 1 N–H and O–H groups in total. The normalized spacial score (nSPS) is 10.9. The van der Waals surface area contributed by atoms with Gasteiger partial charge in [-0.15, -0.1) is 0 Å². The van der Waals surface area contributed by atoms with E-state index in [4.69, 9.17) is 0 Å². The molecule has 0 spiro atoms. The van der Waals surface area contributed by atoms with Crippen LogP contribution < -0.4 is 5.32 Å². The quantitative estimate of drug-likeness (QED) is 0.769. The Labute approximate surface area is 121 Å². The van der Waals surface area contributed by atoms with E-state index in [2.05, 4.69) is 16.4 Å². The van der Waals surface area contributed by atoms with Crippen LogP contribution in [0.25, 0.3) is 10.2 Å². The van der Waals surface area contributed by atoms with Crippen molar-refractivity contribution in [2.75, 3.05) is 11.9 Å². The summed E-state index contributed by atoms with van der Waals surface area (Å²) in [7, 11) is 0. The lowest BCUT2D eigenvalue weighted by atomic mass is 10.1. The summed E-state index contributed by atoms with van der Waals surface area (Å²) in [5, 5.41) is 4.27. The first-order valence-electron chi connectivity index (χ1n) is 6.57. The zero-order valence-electron chi connectivity index (χ0n) is 11.2. The number of nitrogens with zero attached hydrogens (tertiary/aromatic N) is 1. The highest BCUT2D eigenvalue weighted by atomic mass is 32.1. The van der Waals surface area contributed by atoms with Gasteiger partial charge in [-0.1, -0.05) is 29.5 Å². The molecule has 20 heavy (non-hydrogen) atoms. The zero-order valence-corrected chi connectivity index (χ0v) is 12.0. The molecule has 1 heterocycles. The van der Waals surface area contributed by atoms with Gasteiger partial charge in [0.2, 0.25) is 0 Å². The Balaban J connectivity index is 1.64. The monoisotopic (exact) mass is 286 g/mol. The molecular weight excluding hydrogens is 271 g/mol. The topological polar surface area (TPSA) is 24.9 Å². The van der Waals surface area contributed by atoms with Crippen LogP contribution in [0.15, 0.2) is 42.5 Å². The molecule has 0 aliphatic heterocycles. The van der Waals surface area contributed by atoms with Crippen molar-refractivity contribution in [2.24, 2.45) is 0 Å². The number of fused-ring (bicyclic) bond motifs is 1. The Morgan fingerprint density at radius 3 is 2.85 bits per heavy atom. The molecule has 4 heteroatoms. The van der Waals surface area contributed by atoms with Gasteiger partial charge in [0.05, 0.1) is 10.2 Å². The molecule has 2 nitrogen and oxygen atoms in total. The summed E-state index contributed by atoms with van der Waals surface area (Å²) >= 11 is 1.66. The number of rotatable bonds is 4. The maximum atomic E-state index is 13.0. The molecule has 3 aromatic rings. The van der Waals surface area contributed by atoms with Crippen molar-refractivity contribution in [3.63, 3.8) is 0 Å².